The van der Waals surface area contributed by atoms with Gasteiger partial charge in [0.15, 0.2) is 0 Å². The number of ether oxygens (including phenoxy) is 1. The number of rotatable bonds is 7. The number of carbonyl (C=O) groups excluding carboxylic acids is 1. The lowest BCUT2D eigenvalue weighted by Gasteiger charge is -2.13. The molecule has 4 rings (SSSR count). The zero-order valence-electron chi connectivity index (χ0n) is 18.2. The van der Waals surface area contributed by atoms with Crippen LogP contribution in [0, 0.1) is 13.8 Å². The zero-order chi connectivity index (χ0) is 21.8. The maximum atomic E-state index is 12.5. The van der Waals surface area contributed by atoms with E-state index in [-0.39, 0.29) is 5.91 Å². The van der Waals surface area contributed by atoms with Crippen LogP contribution in [0.1, 0.15) is 32.9 Å². The lowest BCUT2D eigenvalue weighted by Crippen LogP contribution is -2.26. The van der Waals surface area contributed by atoms with Crippen LogP contribution in [0.2, 0.25) is 0 Å². The van der Waals surface area contributed by atoms with Gasteiger partial charge in [0.25, 0.3) is 5.91 Å². The standard InChI is InChI=1S/C26H27N3O2/c1-18-8-9-19(2)21(16-18)17-29-24-7-5-4-6-23(24)28-25(29)14-15-27-26(30)20-10-12-22(31-3)13-11-20/h4-13,16H,14-15,17H2,1-3H3,(H,27,30). The van der Waals surface area contributed by atoms with Crippen LogP contribution in [0.3, 0.4) is 0 Å². The summed E-state index contributed by atoms with van der Waals surface area (Å²) in [5.41, 5.74) is 6.50. The van der Waals surface area contributed by atoms with E-state index in [2.05, 4.69) is 48.0 Å². The summed E-state index contributed by atoms with van der Waals surface area (Å²) in [6, 6.07) is 21.8. The highest BCUT2D eigenvalue weighted by molar-refractivity contribution is 5.94. The van der Waals surface area contributed by atoms with Crippen LogP contribution < -0.4 is 10.1 Å². The highest BCUT2D eigenvalue weighted by Crippen LogP contribution is 2.20. The van der Waals surface area contributed by atoms with Gasteiger partial charge in [-0.15, -0.1) is 0 Å². The van der Waals surface area contributed by atoms with Gasteiger partial charge in [0.1, 0.15) is 11.6 Å². The number of hydrogen-bond donors (Lipinski definition) is 1. The second-order valence-corrected chi connectivity index (χ2v) is 7.77. The van der Waals surface area contributed by atoms with Gasteiger partial charge in [0, 0.05) is 25.1 Å². The molecule has 3 aromatic carbocycles. The van der Waals surface area contributed by atoms with Gasteiger partial charge in [-0.25, -0.2) is 4.98 Å². The van der Waals surface area contributed by atoms with Crippen molar-refractivity contribution in [2.45, 2.75) is 26.8 Å². The Hall–Kier alpha value is -3.60. The van der Waals surface area contributed by atoms with E-state index >= 15 is 0 Å². The SMILES string of the molecule is COc1ccc(C(=O)NCCc2nc3ccccc3n2Cc2cc(C)ccc2C)cc1. The zero-order valence-corrected chi connectivity index (χ0v) is 18.2. The van der Waals surface area contributed by atoms with Gasteiger partial charge in [-0.1, -0.05) is 35.9 Å². The second kappa shape index (κ2) is 9.04. The Bertz CT molecular complexity index is 1210. The molecule has 0 aliphatic carbocycles. The topological polar surface area (TPSA) is 56.1 Å². The highest BCUT2D eigenvalue weighted by Gasteiger charge is 2.13. The molecule has 0 fully saturated rings. The molecule has 1 N–H and O–H groups in total. The van der Waals surface area contributed by atoms with Crippen molar-refractivity contribution in [3.63, 3.8) is 0 Å². The molecule has 0 saturated carbocycles. The first-order valence-corrected chi connectivity index (χ1v) is 10.5. The van der Waals surface area contributed by atoms with E-state index in [0.717, 1.165) is 29.2 Å². The normalized spacial score (nSPS) is 10.9. The van der Waals surface area contributed by atoms with Crippen molar-refractivity contribution < 1.29 is 9.53 Å². The van der Waals surface area contributed by atoms with Crippen molar-refractivity contribution in [2.75, 3.05) is 13.7 Å². The molecular formula is C26H27N3O2. The molecular weight excluding hydrogens is 386 g/mol. The van der Waals surface area contributed by atoms with Gasteiger partial charge in [0.05, 0.1) is 18.1 Å². The Morgan fingerprint density at radius 3 is 2.58 bits per heavy atom. The smallest absolute Gasteiger partial charge is 0.251 e. The number of amides is 1. The molecule has 0 atom stereocenters. The predicted octanol–water partition coefficient (Wildman–Crippen LogP) is 4.68. The van der Waals surface area contributed by atoms with Gasteiger partial charge in [-0.05, 0) is 61.4 Å². The number of imidazole rings is 1. The summed E-state index contributed by atoms with van der Waals surface area (Å²) in [5, 5.41) is 3.01. The van der Waals surface area contributed by atoms with Gasteiger partial charge in [0.2, 0.25) is 0 Å². The quantitative estimate of drug-likeness (QED) is 0.479. The van der Waals surface area contributed by atoms with Crippen LogP contribution in [0.15, 0.2) is 66.7 Å². The van der Waals surface area contributed by atoms with Crippen LogP contribution in [0.4, 0.5) is 0 Å². The molecule has 31 heavy (non-hydrogen) atoms. The van der Waals surface area contributed by atoms with Crippen molar-refractivity contribution in [3.8, 4) is 5.75 Å². The summed E-state index contributed by atoms with van der Waals surface area (Å²) in [6.45, 7) is 5.53. The maximum Gasteiger partial charge on any atom is 0.251 e. The number of nitrogens with zero attached hydrogens (tertiary/aromatic N) is 2. The monoisotopic (exact) mass is 413 g/mol. The summed E-state index contributed by atoms with van der Waals surface area (Å²) in [7, 11) is 1.61. The van der Waals surface area contributed by atoms with Crippen molar-refractivity contribution in [1.82, 2.24) is 14.9 Å². The predicted molar refractivity (Wildman–Crippen MR) is 124 cm³/mol. The minimum atomic E-state index is -0.0974. The molecule has 1 aromatic heterocycles. The lowest BCUT2D eigenvalue weighted by atomic mass is 10.1. The van der Waals surface area contributed by atoms with E-state index in [9.17, 15) is 4.79 Å². The number of carbonyl (C=O) groups is 1. The molecule has 1 heterocycles. The number of aryl methyl sites for hydroxylation is 2. The van der Waals surface area contributed by atoms with Crippen molar-refractivity contribution in [2.24, 2.45) is 0 Å². The molecule has 5 nitrogen and oxygen atoms in total. The first-order valence-electron chi connectivity index (χ1n) is 10.5. The number of fused-ring (bicyclic) bond motifs is 1. The van der Waals surface area contributed by atoms with Crippen LogP contribution in [-0.2, 0) is 13.0 Å². The van der Waals surface area contributed by atoms with E-state index in [0.29, 0.717) is 18.5 Å². The molecule has 0 spiro atoms. The number of nitrogens with one attached hydrogen (secondary N) is 1. The summed E-state index contributed by atoms with van der Waals surface area (Å²) in [4.78, 5) is 17.3. The Morgan fingerprint density at radius 2 is 1.81 bits per heavy atom. The molecule has 0 unspecified atom stereocenters. The number of hydrogen-bond acceptors (Lipinski definition) is 3. The Morgan fingerprint density at radius 1 is 1.03 bits per heavy atom. The summed E-state index contributed by atoms with van der Waals surface area (Å²) >= 11 is 0. The van der Waals surface area contributed by atoms with E-state index in [1.165, 1.54) is 16.7 Å². The third-order valence-electron chi connectivity index (χ3n) is 5.55. The molecule has 0 aliphatic rings. The minimum Gasteiger partial charge on any atom is -0.497 e. The third-order valence-corrected chi connectivity index (χ3v) is 5.55. The average Bonchev–Trinajstić information content (AvgIpc) is 3.13. The van der Waals surface area contributed by atoms with Crippen LogP contribution in [-0.4, -0.2) is 29.1 Å². The fourth-order valence-corrected chi connectivity index (χ4v) is 3.77. The Labute approximate surface area is 182 Å². The molecule has 0 aliphatic heterocycles. The molecule has 0 radical (unpaired) electrons. The molecule has 5 heteroatoms. The number of methoxy groups -OCH3 is 1. The largest absolute Gasteiger partial charge is 0.497 e. The fourth-order valence-electron chi connectivity index (χ4n) is 3.77. The molecule has 0 bridgehead atoms. The first-order chi connectivity index (χ1) is 15.0. The average molecular weight is 414 g/mol. The number of para-hydroxylation sites is 2. The van der Waals surface area contributed by atoms with Gasteiger partial charge in [-0.3, -0.25) is 4.79 Å². The number of benzene rings is 3. The van der Waals surface area contributed by atoms with E-state index in [1.807, 2.05) is 18.2 Å². The second-order valence-electron chi connectivity index (χ2n) is 7.77. The van der Waals surface area contributed by atoms with Gasteiger partial charge in [-0.2, -0.15) is 0 Å². The molecule has 4 aromatic rings. The molecule has 0 saturated heterocycles. The van der Waals surface area contributed by atoms with Crippen molar-refractivity contribution in [3.05, 3.63) is 94.8 Å². The van der Waals surface area contributed by atoms with Crippen LogP contribution in [0.25, 0.3) is 11.0 Å². The fraction of sp³-hybridized carbons (Fsp3) is 0.231. The minimum absolute atomic E-state index is 0.0974. The van der Waals surface area contributed by atoms with Crippen LogP contribution >= 0.6 is 0 Å². The summed E-state index contributed by atoms with van der Waals surface area (Å²) < 4.78 is 7.41. The molecule has 158 valence electrons. The summed E-state index contributed by atoms with van der Waals surface area (Å²) in [5.74, 6) is 1.61. The maximum absolute atomic E-state index is 12.5. The van der Waals surface area contributed by atoms with Crippen molar-refractivity contribution >= 4 is 16.9 Å². The third kappa shape index (κ3) is 4.61. The van der Waals surface area contributed by atoms with E-state index in [4.69, 9.17) is 9.72 Å². The van der Waals surface area contributed by atoms with Gasteiger partial charge < -0.3 is 14.6 Å². The van der Waals surface area contributed by atoms with E-state index < -0.39 is 0 Å². The number of aromatic nitrogens is 2. The van der Waals surface area contributed by atoms with Crippen LogP contribution in [0.5, 0.6) is 5.75 Å². The van der Waals surface area contributed by atoms with E-state index in [1.54, 1.807) is 31.4 Å². The Kier molecular flexibility index (Phi) is 6.03. The van der Waals surface area contributed by atoms with Gasteiger partial charge >= 0.3 is 0 Å². The summed E-state index contributed by atoms with van der Waals surface area (Å²) in [6.07, 6.45) is 0.654. The lowest BCUT2D eigenvalue weighted by molar-refractivity contribution is 0.0954. The Balaban J connectivity index is 1.52. The van der Waals surface area contributed by atoms with Crippen molar-refractivity contribution in [1.29, 1.82) is 0 Å². The first kappa shape index (κ1) is 20.7. The molecule has 1 amide bonds. The highest BCUT2D eigenvalue weighted by atomic mass is 16.5.